The van der Waals surface area contributed by atoms with Gasteiger partial charge in [0.25, 0.3) is 5.91 Å². The number of ether oxygens (including phenoxy) is 1. The van der Waals surface area contributed by atoms with Gasteiger partial charge >= 0.3 is 0 Å². The van der Waals surface area contributed by atoms with Gasteiger partial charge < -0.3 is 10.1 Å². The number of aromatic nitrogens is 4. The van der Waals surface area contributed by atoms with Crippen LogP contribution in [0, 0.1) is 0 Å². The molecule has 2 heterocycles. The summed E-state index contributed by atoms with van der Waals surface area (Å²) in [6.45, 7) is 0. The molecule has 0 bridgehead atoms. The van der Waals surface area contributed by atoms with E-state index in [1.165, 1.54) is 12.4 Å². The van der Waals surface area contributed by atoms with Crippen molar-refractivity contribution in [3.05, 3.63) is 79.0 Å². The molecule has 0 aliphatic rings. The molecule has 1 amide bonds. The minimum Gasteiger partial charge on any atom is -0.438 e. The zero-order chi connectivity index (χ0) is 17.8. The Bertz CT molecular complexity index is 1050. The molecule has 4 aromatic rings. The number of carbonyl (C=O) groups excluding carboxylic acids is 1. The molecular formula is C19H13N5O2. The number of fused-ring (bicyclic) bond motifs is 1. The summed E-state index contributed by atoms with van der Waals surface area (Å²) < 4.78 is 5.56. The van der Waals surface area contributed by atoms with Gasteiger partial charge in [-0.15, -0.1) is 0 Å². The molecule has 2 aromatic carbocycles. The summed E-state index contributed by atoms with van der Waals surface area (Å²) >= 11 is 0. The molecule has 0 unspecified atom stereocenters. The summed E-state index contributed by atoms with van der Waals surface area (Å²) in [5, 5.41) is 2.79. The molecule has 0 aliphatic heterocycles. The zero-order valence-electron chi connectivity index (χ0n) is 13.5. The van der Waals surface area contributed by atoms with Crippen molar-refractivity contribution in [1.29, 1.82) is 0 Å². The van der Waals surface area contributed by atoms with Crippen molar-refractivity contribution in [1.82, 2.24) is 19.9 Å². The molecule has 0 fully saturated rings. The SMILES string of the molecule is O=C(Nc1ccc(Oc2cnccn2)cc1)c1cnc2ccccc2n1. The van der Waals surface area contributed by atoms with Gasteiger partial charge in [-0.2, -0.15) is 0 Å². The van der Waals surface area contributed by atoms with Crippen LogP contribution in [-0.4, -0.2) is 25.8 Å². The molecule has 0 atom stereocenters. The first-order chi connectivity index (χ1) is 12.8. The number of nitrogens with one attached hydrogen (secondary N) is 1. The summed E-state index contributed by atoms with van der Waals surface area (Å²) in [6, 6.07) is 14.3. The highest BCUT2D eigenvalue weighted by molar-refractivity contribution is 6.03. The third-order valence-electron chi connectivity index (χ3n) is 3.56. The predicted octanol–water partition coefficient (Wildman–Crippen LogP) is 3.46. The van der Waals surface area contributed by atoms with E-state index in [0.29, 0.717) is 22.8 Å². The number of hydrogen-bond acceptors (Lipinski definition) is 6. The van der Waals surface area contributed by atoms with E-state index in [4.69, 9.17) is 4.74 Å². The summed E-state index contributed by atoms with van der Waals surface area (Å²) in [7, 11) is 0. The maximum atomic E-state index is 12.4. The van der Waals surface area contributed by atoms with Crippen LogP contribution in [0.4, 0.5) is 5.69 Å². The average Bonchev–Trinajstić information content (AvgIpc) is 2.70. The van der Waals surface area contributed by atoms with Crippen LogP contribution in [0.1, 0.15) is 10.5 Å². The number of carbonyl (C=O) groups is 1. The van der Waals surface area contributed by atoms with Gasteiger partial charge in [0.15, 0.2) is 0 Å². The summed E-state index contributed by atoms with van der Waals surface area (Å²) in [5.74, 6) is 0.663. The van der Waals surface area contributed by atoms with Crippen LogP contribution in [0.2, 0.25) is 0 Å². The molecular weight excluding hydrogens is 330 g/mol. The summed E-state index contributed by atoms with van der Waals surface area (Å²) in [4.78, 5) is 28.9. The van der Waals surface area contributed by atoms with E-state index < -0.39 is 0 Å². The minimum absolute atomic E-state index is 0.253. The highest BCUT2D eigenvalue weighted by Crippen LogP contribution is 2.21. The highest BCUT2D eigenvalue weighted by atomic mass is 16.5. The van der Waals surface area contributed by atoms with Crippen LogP contribution in [0.15, 0.2) is 73.3 Å². The smallest absolute Gasteiger partial charge is 0.275 e. The van der Waals surface area contributed by atoms with Crippen molar-refractivity contribution in [2.75, 3.05) is 5.32 Å². The Labute approximate surface area is 148 Å². The average molecular weight is 343 g/mol. The van der Waals surface area contributed by atoms with E-state index in [1.807, 2.05) is 24.3 Å². The first-order valence-corrected chi connectivity index (χ1v) is 7.85. The molecule has 0 saturated heterocycles. The lowest BCUT2D eigenvalue weighted by Crippen LogP contribution is -2.14. The summed E-state index contributed by atoms with van der Waals surface area (Å²) in [5.41, 5.74) is 2.29. The largest absolute Gasteiger partial charge is 0.438 e. The number of nitrogens with zero attached hydrogens (tertiary/aromatic N) is 4. The van der Waals surface area contributed by atoms with Gasteiger partial charge in [-0.05, 0) is 36.4 Å². The second-order valence-electron chi connectivity index (χ2n) is 5.37. The highest BCUT2D eigenvalue weighted by Gasteiger charge is 2.09. The maximum Gasteiger partial charge on any atom is 0.275 e. The van der Waals surface area contributed by atoms with Crippen molar-refractivity contribution < 1.29 is 9.53 Å². The first kappa shape index (κ1) is 15.6. The maximum absolute atomic E-state index is 12.4. The third-order valence-corrected chi connectivity index (χ3v) is 3.56. The van der Waals surface area contributed by atoms with Crippen molar-refractivity contribution in [3.63, 3.8) is 0 Å². The predicted molar refractivity (Wildman–Crippen MR) is 96.0 cm³/mol. The Morgan fingerprint density at radius 3 is 2.46 bits per heavy atom. The molecule has 2 aromatic heterocycles. The van der Waals surface area contributed by atoms with Gasteiger partial charge in [-0.3, -0.25) is 14.8 Å². The lowest BCUT2D eigenvalue weighted by Gasteiger charge is -2.07. The Kier molecular flexibility index (Phi) is 4.17. The van der Waals surface area contributed by atoms with Crippen LogP contribution in [-0.2, 0) is 0 Å². The van der Waals surface area contributed by atoms with Gasteiger partial charge in [-0.1, -0.05) is 12.1 Å². The van der Waals surface area contributed by atoms with Crippen molar-refractivity contribution in [2.24, 2.45) is 0 Å². The summed E-state index contributed by atoms with van der Waals surface area (Å²) in [6.07, 6.45) is 6.10. The lowest BCUT2D eigenvalue weighted by molar-refractivity contribution is 0.102. The van der Waals surface area contributed by atoms with E-state index in [9.17, 15) is 4.79 Å². The fraction of sp³-hybridized carbons (Fsp3) is 0. The molecule has 4 rings (SSSR count). The van der Waals surface area contributed by atoms with E-state index in [-0.39, 0.29) is 11.6 Å². The Morgan fingerprint density at radius 1 is 0.885 bits per heavy atom. The second kappa shape index (κ2) is 6.94. The molecule has 0 spiro atoms. The van der Waals surface area contributed by atoms with Crippen molar-refractivity contribution in [2.45, 2.75) is 0 Å². The Hall–Kier alpha value is -3.87. The van der Waals surface area contributed by atoms with E-state index in [2.05, 4.69) is 25.3 Å². The lowest BCUT2D eigenvalue weighted by atomic mass is 10.2. The Balaban J connectivity index is 1.46. The fourth-order valence-electron chi connectivity index (χ4n) is 2.33. The van der Waals surface area contributed by atoms with Crippen LogP contribution < -0.4 is 10.1 Å². The van der Waals surface area contributed by atoms with Crippen LogP contribution in [0.5, 0.6) is 11.6 Å². The van der Waals surface area contributed by atoms with E-state index >= 15 is 0 Å². The van der Waals surface area contributed by atoms with Crippen LogP contribution in [0.3, 0.4) is 0 Å². The van der Waals surface area contributed by atoms with Crippen LogP contribution in [0.25, 0.3) is 11.0 Å². The first-order valence-electron chi connectivity index (χ1n) is 7.85. The fourth-order valence-corrected chi connectivity index (χ4v) is 2.33. The van der Waals surface area contributed by atoms with Gasteiger partial charge in [0, 0.05) is 18.1 Å². The van der Waals surface area contributed by atoms with Gasteiger partial charge in [0.2, 0.25) is 5.88 Å². The number of rotatable bonds is 4. The quantitative estimate of drug-likeness (QED) is 0.610. The van der Waals surface area contributed by atoms with Gasteiger partial charge in [0.05, 0.1) is 23.4 Å². The minimum atomic E-state index is -0.328. The monoisotopic (exact) mass is 343 g/mol. The molecule has 0 aliphatic carbocycles. The molecule has 7 heteroatoms. The molecule has 1 N–H and O–H groups in total. The van der Waals surface area contributed by atoms with Crippen molar-refractivity contribution in [3.8, 4) is 11.6 Å². The Morgan fingerprint density at radius 2 is 1.69 bits per heavy atom. The van der Waals surface area contributed by atoms with E-state index in [1.54, 1.807) is 36.7 Å². The second-order valence-corrected chi connectivity index (χ2v) is 5.37. The van der Waals surface area contributed by atoms with E-state index in [0.717, 1.165) is 5.52 Å². The molecule has 0 saturated carbocycles. The normalized spacial score (nSPS) is 10.5. The third kappa shape index (κ3) is 3.46. The number of benzene rings is 2. The van der Waals surface area contributed by atoms with Gasteiger partial charge in [0.1, 0.15) is 11.4 Å². The number of anilines is 1. The molecule has 26 heavy (non-hydrogen) atoms. The molecule has 126 valence electrons. The van der Waals surface area contributed by atoms with Crippen LogP contribution >= 0.6 is 0 Å². The molecule has 7 nitrogen and oxygen atoms in total. The van der Waals surface area contributed by atoms with Gasteiger partial charge in [-0.25, -0.2) is 9.97 Å². The standard InChI is InChI=1S/C19H13N5O2/c25-19(17-11-22-15-3-1-2-4-16(15)24-17)23-13-5-7-14(8-6-13)26-18-12-20-9-10-21-18/h1-12H,(H,23,25). The molecule has 0 radical (unpaired) electrons. The number of hydrogen-bond donors (Lipinski definition) is 1. The topological polar surface area (TPSA) is 89.9 Å². The van der Waals surface area contributed by atoms with Crippen molar-refractivity contribution >= 4 is 22.6 Å². The number of amides is 1. The zero-order valence-corrected chi connectivity index (χ0v) is 13.5. The number of para-hydroxylation sites is 2.